The zero-order chi connectivity index (χ0) is 22.9. The maximum absolute atomic E-state index is 15.3. The fourth-order valence-corrected chi connectivity index (χ4v) is 4.37. The van der Waals surface area contributed by atoms with Gasteiger partial charge in [-0.05, 0) is 50.3 Å². The minimum Gasteiger partial charge on any atom is -0.390 e. The van der Waals surface area contributed by atoms with Crippen LogP contribution < -0.4 is 10.2 Å². The van der Waals surface area contributed by atoms with Crippen LogP contribution in [-0.2, 0) is 12.7 Å². The van der Waals surface area contributed by atoms with Crippen molar-refractivity contribution in [2.75, 3.05) is 16.8 Å². The average Bonchev–Trinajstić information content (AvgIpc) is 3.57. The van der Waals surface area contributed by atoms with Crippen molar-refractivity contribution in [2.24, 2.45) is 5.92 Å². The summed E-state index contributed by atoms with van der Waals surface area (Å²) in [6, 6.07) is 5.01. The number of aromatic nitrogens is 2. The maximum atomic E-state index is 15.3. The molecule has 2 fully saturated rings. The SMILES string of the molecule is CC1(O)CCCCC1CNc1ncnc(N(Cc2ccc(C(F)(F)F)cc2)C2CC2)c1F. The average molecular weight is 452 g/mol. The smallest absolute Gasteiger partial charge is 0.390 e. The molecule has 0 spiro atoms. The van der Waals surface area contributed by atoms with Gasteiger partial charge in [0.05, 0.1) is 11.2 Å². The molecule has 2 saturated carbocycles. The summed E-state index contributed by atoms with van der Waals surface area (Å²) in [6.07, 6.45) is 2.24. The van der Waals surface area contributed by atoms with Crippen molar-refractivity contribution in [3.8, 4) is 0 Å². The van der Waals surface area contributed by atoms with Crippen LogP contribution in [0.15, 0.2) is 30.6 Å². The fraction of sp³-hybridized carbons (Fsp3) is 0.565. The summed E-state index contributed by atoms with van der Waals surface area (Å²) in [5.41, 5.74) is -0.853. The molecule has 2 aromatic rings. The minimum atomic E-state index is -4.39. The third-order valence-corrected chi connectivity index (χ3v) is 6.55. The molecule has 1 aromatic carbocycles. The van der Waals surface area contributed by atoms with Crippen LogP contribution in [0, 0.1) is 11.7 Å². The van der Waals surface area contributed by atoms with E-state index in [0.717, 1.165) is 50.7 Å². The van der Waals surface area contributed by atoms with Gasteiger partial charge in [-0.1, -0.05) is 25.0 Å². The number of rotatable bonds is 7. The lowest BCUT2D eigenvalue weighted by Crippen LogP contribution is -2.41. The van der Waals surface area contributed by atoms with Crippen LogP contribution in [0.5, 0.6) is 0 Å². The Kier molecular flexibility index (Phi) is 6.29. The van der Waals surface area contributed by atoms with Crippen molar-refractivity contribution in [3.05, 3.63) is 47.5 Å². The molecule has 9 heteroatoms. The van der Waals surface area contributed by atoms with Gasteiger partial charge in [0.2, 0.25) is 5.82 Å². The van der Waals surface area contributed by atoms with Gasteiger partial charge >= 0.3 is 6.18 Å². The molecule has 32 heavy (non-hydrogen) atoms. The van der Waals surface area contributed by atoms with Crippen LogP contribution >= 0.6 is 0 Å². The normalized spacial score (nSPS) is 23.8. The molecule has 0 aliphatic heterocycles. The Labute approximate surface area is 184 Å². The van der Waals surface area contributed by atoms with E-state index in [4.69, 9.17) is 0 Å². The molecule has 0 bridgehead atoms. The van der Waals surface area contributed by atoms with Crippen molar-refractivity contribution in [1.29, 1.82) is 0 Å². The van der Waals surface area contributed by atoms with Crippen molar-refractivity contribution in [1.82, 2.24) is 9.97 Å². The number of anilines is 2. The number of aliphatic hydroxyl groups is 1. The molecular weight excluding hydrogens is 424 g/mol. The third-order valence-electron chi connectivity index (χ3n) is 6.55. The summed E-state index contributed by atoms with van der Waals surface area (Å²) >= 11 is 0. The number of nitrogens with one attached hydrogen (secondary N) is 1. The standard InChI is InChI=1S/C23H28F4N4O/c1-22(32)11-3-2-4-17(22)12-28-20-19(24)21(30-14-29-20)31(18-9-10-18)13-15-5-7-16(8-6-15)23(25,26)27/h5-8,14,17-18,32H,2-4,9-13H2,1H3,(H,28,29,30). The van der Waals surface area contributed by atoms with E-state index in [2.05, 4.69) is 15.3 Å². The fourth-order valence-electron chi connectivity index (χ4n) is 4.37. The second-order valence-corrected chi connectivity index (χ2v) is 9.09. The second kappa shape index (κ2) is 8.84. The Morgan fingerprint density at radius 2 is 1.84 bits per heavy atom. The summed E-state index contributed by atoms with van der Waals surface area (Å²) in [6.45, 7) is 2.48. The molecule has 2 atom stereocenters. The lowest BCUT2D eigenvalue weighted by molar-refractivity contribution is -0.137. The molecule has 0 amide bonds. The van der Waals surface area contributed by atoms with E-state index in [-0.39, 0.29) is 30.1 Å². The van der Waals surface area contributed by atoms with Gasteiger partial charge in [0.1, 0.15) is 6.33 Å². The molecule has 0 saturated heterocycles. The van der Waals surface area contributed by atoms with Crippen molar-refractivity contribution < 1.29 is 22.7 Å². The highest BCUT2D eigenvalue weighted by Gasteiger charge is 2.36. The predicted molar refractivity (Wildman–Crippen MR) is 114 cm³/mol. The Balaban J connectivity index is 1.50. The number of halogens is 4. The quantitative estimate of drug-likeness (QED) is 0.569. The molecule has 1 aromatic heterocycles. The Morgan fingerprint density at radius 1 is 1.12 bits per heavy atom. The van der Waals surface area contributed by atoms with Crippen LogP contribution in [-0.4, -0.2) is 33.3 Å². The first-order valence-corrected chi connectivity index (χ1v) is 11.0. The third kappa shape index (κ3) is 5.14. The molecular formula is C23H28F4N4O. The lowest BCUT2D eigenvalue weighted by Gasteiger charge is -2.37. The Hall–Kier alpha value is -2.42. The number of nitrogens with zero attached hydrogens (tertiary/aromatic N) is 3. The molecule has 2 aliphatic rings. The van der Waals surface area contributed by atoms with Gasteiger partial charge in [0.25, 0.3) is 0 Å². The number of alkyl halides is 3. The second-order valence-electron chi connectivity index (χ2n) is 9.09. The van der Waals surface area contributed by atoms with Gasteiger partial charge in [-0.15, -0.1) is 0 Å². The van der Waals surface area contributed by atoms with E-state index in [1.807, 2.05) is 6.92 Å². The first-order valence-electron chi connectivity index (χ1n) is 11.0. The van der Waals surface area contributed by atoms with Crippen LogP contribution in [0.3, 0.4) is 0 Å². The predicted octanol–water partition coefficient (Wildman–Crippen LogP) is 5.16. The summed E-state index contributed by atoms with van der Waals surface area (Å²) in [5.74, 6) is -0.364. The first-order chi connectivity index (χ1) is 15.1. The largest absolute Gasteiger partial charge is 0.416 e. The molecule has 5 nitrogen and oxygen atoms in total. The molecule has 2 aliphatic carbocycles. The molecule has 2 N–H and O–H groups in total. The molecule has 2 unspecified atom stereocenters. The lowest BCUT2D eigenvalue weighted by atomic mass is 9.76. The Bertz CT molecular complexity index is 929. The van der Waals surface area contributed by atoms with Crippen molar-refractivity contribution >= 4 is 11.6 Å². The minimum absolute atomic E-state index is 0.000692. The zero-order valence-corrected chi connectivity index (χ0v) is 18.0. The van der Waals surface area contributed by atoms with E-state index < -0.39 is 23.2 Å². The van der Waals surface area contributed by atoms with E-state index in [1.165, 1.54) is 18.5 Å². The zero-order valence-electron chi connectivity index (χ0n) is 18.0. The monoisotopic (exact) mass is 452 g/mol. The Morgan fingerprint density at radius 3 is 2.47 bits per heavy atom. The highest BCUT2D eigenvalue weighted by atomic mass is 19.4. The molecule has 174 valence electrons. The van der Waals surface area contributed by atoms with Gasteiger partial charge in [0, 0.05) is 25.0 Å². The van der Waals surface area contributed by atoms with Crippen molar-refractivity contribution in [2.45, 2.75) is 69.8 Å². The first kappa shape index (κ1) is 22.8. The highest BCUT2D eigenvalue weighted by Crippen LogP contribution is 2.36. The van der Waals surface area contributed by atoms with Crippen LogP contribution in [0.25, 0.3) is 0 Å². The summed E-state index contributed by atoms with van der Waals surface area (Å²) in [4.78, 5) is 9.99. The van der Waals surface area contributed by atoms with Gasteiger partial charge in [-0.25, -0.2) is 9.97 Å². The van der Waals surface area contributed by atoms with Crippen molar-refractivity contribution in [3.63, 3.8) is 0 Å². The topological polar surface area (TPSA) is 61.3 Å². The number of hydrogen-bond donors (Lipinski definition) is 2. The summed E-state index contributed by atoms with van der Waals surface area (Å²) < 4.78 is 53.9. The molecule has 4 rings (SSSR count). The van der Waals surface area contributed by atoms with E-state index >= 15 is 4.39 Å². The summed E-state index contributed by atoms with van der Waals surface area (Å²) in [7, 11) is 0. The maximum Gasteiger partial charge on any atom is 0.416 e. The van der Waals surface area contributed by atoms with E-state index in [0.29, 0.717) is 12.1 Å². The van der Waals surface area contributed by atoms with Gasteiger partial charge in [0.15, 0.2) is 11.6 Å². The van der Waals surface area contributed by atoms with E-state index in [9.17, 15) is 18.3 Å². The molecule has 0 radical (unpaired) electrons. The molecule has 1 heterocycles. The van der Waals surface area contributed by atoms with Gasteiger partial charge in [-0.3, -0.25) is 0 Å². The van der Waals surface area contributed by atoms with Gasteiger partial charge in [-0.2, -0.15) is 17.6 Å². The van der Waals surface area contributed by atoms with Crippen LogP contribution in [0.1, 0.15) is 56.6 Å². The van der Waals surface area contributed by atoms with E-state index in [1.54, 1.807) is 4.90 Å². The number of hydrogen-bond acceptors (Lipinski definition) is 5. The van der Waals surface area contributed by atoms with Crippen LogP contribution in [0.2, 0.25) is 0 Å². The number of benzene rings is 1. The van der Waals surface area contributed by atoms with Gasteiger partial charge < -0.3 is 15.3 Å². The summed E-state index contributed by atoms with van der Waals surface area (Å²) in [5, 5.41) is 13.6. The van der Waals surface area contributed by atoms with Crippen LogP contribution in [0.4, 0.5) is 29.2 Å². The highest BCUT2D eigenvalue weighted by molar-refractivity contribution is 5.52.